The quantitative estimate of drug-likeness (QED) is 0.476. The second kappa shape index (κ2) is 11.1. The van der Waals surface area contributed by atoms with Gasteiger partial charge in [0.15, 0.2) is 0 Å². The molecule has 1 aromatic carbocycles. The fraction of sp³-hybridized carbons (Fsp3) is 0.333. The van der Waals surface area contributed by atoms with E-state index in [4.69, 9.17) is 9.47 Å². The lowest BCUT2D eigenvalue weighted by Gasteiger charge is -2.07. The molecule has 2 rings (SSSR count). The van der Waals surface area contributed by atoms with Crippen LogP contribution >= 0.6 is 11.3 Å². The van der Waals surface area contributed by atoms with Gasteiger partial charge in [-0.3, -0.25) is 9.59 Å². The molecular weight excluding hydrogens is 410 g/mol. The van der Waals surface area contributed by atoms with Crippen molar-refractivity contribution in [1.29, 1.82) is 0 Å². The lowest BCUT2D eigenvalue weighted by Crippen LogP contribution is -2.16. The Morgan fingerprint density at radius 1 is 1.00 bits per heavy atom. The molecule has 1 amide bonds. The van der Waals surface area contributed by atoms with E-state index in [9.17, 15) is 19.2 Å². The van der Waals surface area contributed by atoms with E-state index in [2.05, 4.69) is 10.1 Å². The number of carbonyl (C=O) groups is 4. The molecule has 0 atom stereocenters. The third-order valence-corrected chi connectivity index (χ3v) is 5.25. The van der Waals surface area contributed by atoms with Crippen LogP contribution in [0.15, 0.2) is 30.3 Å². The van der Waals surface area contributed by atoms with Crippen LogP contribution in [0.1, 0.15) is 50.9 Å². The van der Waals surface area contributed by atoms with Crippen molar-refractivity contribution < 1.29 is 33.4 Å². The van der Waals surface area contributed by atoms with Crippen LogP contribution in [-0.4, -0.2) is 37.5 Å². The van der Waals surface area contributed by atoms with Crippen LogP contribution in [-0.2, 0) is 30.4 Å². The van der Waals surface area contributed by atoms with E-state index >= 15 is 0 Å². The first-order chi connectivity index (χ1) is 14.4. The van der Waals surface area contributed by atoms with Crippen molar-refractivity contribution in [2.45, 2.75) is 33.3 Å². The summed E-state index contributed by atoms with van der Waals surface area (Å²) in [7, 11) is 1.23. The first kappa shape index (κ1) is 23.1. The van der Waals surface area contributed by atoms with Gasteiger partial charge in [-0.05, 0) is 25.0 Å². The fourth-order valence-corrected chi connectivity index (χ4v) is 3.65. The minimum atomic E-state index is -0.656. The molecule has 0 radical (unpaired) electrons. The van der Waals surface area contributed by atoms with Crippen LogP contribution in [0.3, 0.4) is 0 Å². The minimum Gasteiger partial charge on any atom is -0.469 e. The lowest BCUT2D eigenvalue weighted by molar-refractivity contribution is -0.141. The first-order valence-electron chi connectivity index (χ1n) is 9.25. The van der Waals surface area contributed by atoms with Crippen molar-refractivity contribution in [2.24, 2.45) is 0 Å². The second-order valence-corrected chi connectivity index (χ2v) is 7.19. The summed E-state index contributed by atoms with van der Waals surface area (Å²) in [6.07, 6.45) is -0.229. The number of hydrogen-bond donors (Lipinski definition) is 1. The molecule has 9 heteroatoms. The van der Waals surface area contributed by atoms with E-state index in [1.165, 1.54) is 7.11 Å². The molecule has 30 heavy (non-hydrogen) atoms. The number of nitrogens with one attached hydrogen (secondary N) is 1. The Hall–Kier alpha value is -3.20. The Bertz CT molecular complexity index is 921. The van der Waals surface area contributed by atoms with Crippen LogP contribution in [0.4, 0.5) is 5.00 Å². The van der Waals surface area contributed by atoms with E-state index in [0.717, 1.165) is 16.9 Å². The van der Waals surface area contributed by atoms with Gasteiger partial charge in [-0.25, -0.2) is 9.59 Å². The summed E-state index contributed by atoms with van der Waals surface area (Å²) >= 11 is 0.928. The predicted octanol–water partition coefficient (Wildman–Crippen LogP) is 3.48. The number of anilines is 1. The molecule has 8 nitrogen and oxygen atoms in total. The average molecular weight is 433 g/mol. The lowest BCUT2D eigenvalue weighted by atomic mass is 10.1. The molecule has 0 aliphatic carbocycles. The largest absolute Gasteiger partial charge is 0.469 e. The SMILES string of the molecule is CCOC(=O)c1c(NC(=O)CCC(=O)OC)sc(C(=O)OCc2ccccc2)c1C. The highest BCUT2D eigenvalue weighted by atomic mass is 32.1. The third-order valence-electron chi connectivity index (χ3n) is 4.06. The zero-order valence-corrected chi connectivity index (χ0v) is 17.8. The van der Waals surface area contributed by atoms with Gasteiger partial charge in [0, 0.05) is 6.42 Å². The smallest absolute Gasteiger partial charge is 0.349 e. The number of carbonyl (C=O) groups excluding carboxylic acids is 4. The summed E-state index contributed by atoms with van der Waals surface area (Å²) in [5, 5.41) is 2.76. The van der Waals surface area contributed by atoms with Gasteiger partial charge in [-0.15, -0.1) is 11.3 Å². The van der Waals surface area contributed by atoms with E-state index in [1.54, 1.807) is 13.8 Å². The Morgan fingerprint density at radius 3 is 2.33 bits per heavy atom. The molecule has 160 valence electrons. The fourth-order valence-electron chi connectivity index (χ4n) is 2.54. The average Bonchev–Trinajstić information content (AvgIpc) is 3.06. The molecule has 0 aliphatic heterocycles. The Labute approximate surface area is 178 Å². The van der Waals surface area contributed by atoms with Crippen molar-refractivity contribution in [3.05, 3.63) is 51.9 Å². The Morgan fingerprint density at radius 2 is 1.70 bits per heavy atom. The predicted molar refractivity (Wildman–Crippen MR) is 110 cm³/mol. The van der Waals surface area contributed by atoms with Crippen molar-refractivity contribution in [2.75, 3.05) is 19.0 Å². The molecule has 1 heterocycles. The first-order valence-corrected chi connectivity index (χ1v) is 10.1. The summed E-state index contributed by atoms with van der Waals surface area (Å²) in [5.41, 5.74) is 1.28. The van der Waals surface area contributed by atoms with Gasteiger partial charge in [0.1, 0.15) is 16.5 Å². The normalized spacial score (nSPS) is 10.2. The highest BCUT2D eigenvalue weighted by molar-refractivity contribution is 7.18. The van der Waals surface area contributed by atoms with Crippen LogP contribution in [0.25, 0.3) is 0 Å². The number of thiophene rings is 1. The minimum absolute atomic E-state index is 0.0760. The number of rotatable bonds is 9. The number of hydrogen-bond acceptors (Lipinski definition) is 8. The van der Waals surface area contributed by atoms with Crippen molar-refractivity contribution in [1.82, 2.24) is 0 Å². The maximum absolute atomic E-state index is 12.6. The zero-order valence-electron chi connectivity index (χ0n) is 17.0. The molecule has 0 bridgehead atoms. The molecular formula is C21H23NO7S. The molecule has 2 aromatic rings. The van der Waals surface area contributed by atoms with E-state index in [1.807, 2.05) is 30.3 Å². The van der Waals surface area contributed by atoms with Gasteiger partial charge < -0.3 is 19.5 Å². The molecule has 1 N–H and O–H groups in total. The van der Waals surface area contributed by atoms with E-state index in [-0.39, 0.29) is 41.5 Å². The highest BCUT2D eigenvalue weighted by Crippen LogP contribution is 2.34. The van der Waals surface area contributed by atoms with Gasteiger partial charge in [-0.2, -0.15) is 0 Å². The van der Waals surface area contributed by atoms with Crippen molar-refractivity contribution in [3.63, 3.8) is 0 Å². The number of ether oxygens (including phenoxy) is 3. The summed E-state index contributed by atoms with van der Waals surface area (Å²) in [6.45, 7) is 3.46. The Kier molecular flexibility index (Phi) is 8.54. The maximum atomic E-state index is 12.6. The number of methoxy groups -OCH3 is 1. The van der Waals surface area contributed by atoms with E-state index < -0.39 is 23.8 Å². The topological polar surface area (TPSA) is 108 Å². The van der Waals surface area contributed by atoms with Gasteiger partial charge >= 0.3 is 17.9 Å². The molecule has 1 aromatic heterocycles. The van der Waals surface area contributed by atoms with Crippen molar-refractivity contribution >= 4 is 40.2 Å². The highest BCUT2D eigenvalue weighted by Gasteiger charge is 2.27. The summed E-state index contributed by atoms with van der Waals surface area (Å²) < 4.78 is 14.9. The Balaban J connectivity index is 2.21. The summed E-state index contributed by atoms with van der Waals surface area (Å²) in [6, 6.07) is 9.17. The summed E-state index contributed by atoms with van der Waals surface area (Å²) in [4.78, 5) is 48.6. The number of benzene rings is 1. The molecule has 0 aliphatic rings. The number of amides is 1. The van der Waals surface area contributed by atoms with Gasteiger partial charge in [0.05, 0.1) is 25.7 Å². The number of esters is 3. The van der Waals surface area contributed by atoms with E-state index in [0.29, 0.717) is 5.56 Å². The summed E-state index contributed by atoms with van der Waals surface area (Å²) in [5.74, 6) is -2.28. The molecule has 0 saturated heterocycles. The third kappa shape index (κ3) is 6.15. The zero-order chi connectivity index (χ0) is 22.1. The van der Waals surface area contributed by atoms with Gasteiger partial charge in [0.25, 0.3) is 0 Å². The van der Waals surface area contributed by atoms with Gasteiger partial charge in [0.2, 0.25) is 5.91 Å². The van der Waals surface area contributed by atoms with Crippen LogP contribution in [0.5, 0.6) is 0 Å². The molecule has 0 saturated carbocycles. The standard InChI is InChI=1S/C21H23NO7S/c1-4-28-20(25)17-13(2)18(21(26)29-12-14-8-6-5-7-9-14)30-19(17)22-15(23)10-11-16(24)27-3/h5-9H,4,10-12H2,1-3H3,(H,22,23). The van der Waals surface area contributed by atoms with Crippen LogP contribution in [0.2, 0.25) is 0 Å². The molecule has 0 spiro atoms. The van der Waals surface area contributed by atoms with Crippen LogP contribution in [0, 0.1) is 6.92 Å². The molecule has 0 unspecified atom stereocenters. The van der Waals surface area contributed by atoms with Crippen LogP contribution < -0.4 is 5.32 Å². The van der Waals surface area contributed by atoms with Crippen molar-refractivity contribution in [3.8, 4) is 0 Å². The maximum Gasteiger partial charge on any atom is 0.349 e. The molecule has 0 fully saturated rings. The monoisotopic (exact) mass is 433 g/mol. The second-order valence-electron chi connectivity index (χ2n) is 6.17. The van der Waals surface area contributed by atoms with Gasteiger partial charge in [-0.1, -0.05) is 30.3 Å².